The first-order valence-electron chi connectivity index (χ1n) is 7.74. The summed E-state index contributed by atoms with van der Waals surface area (Å²) >= 11 is 0. The van der Waals surface area contributed by atoms with Gasteiger partial charge in [0, 0.05) is 27.1 Å². The second-order valence-electron chi connectivity index (χ2n) is 6.14. The molecule has 22 heavy (non-hydrogen) atoms. The molecule has 4 amide bonds. The molecule has 1 saturated heterocycles. The van der Waals surface area contributed by atoms with Gasteiger partial charge >= 0.3 is 0 Å². The molecule has 1 aliphatic carbocycles. The van der Waals surface area contributed by atoms with Crippen molar-refractivity contribution in [3.05, 3.63) is 0 Å². The third kappa shape index (κ3) is 3.45. The van der Waals surface area contributed by atoms with E-state index < -0.39 is 0 Å². The van der Waals surface area contributed by atoms with Crippen molar-refractivity contribution in [3.8, 4) is 0 Å². The molecular formula is C15H23N3O4. The van der Waals surface area contributed by atoms with Gasteiger partial charge in [0.2, 0.25) is 23.6 Å². The number of hydrogen-bond acceptors (Lipinski definition) is 4. The number of imide groups is 1. The van der Waals surface area contributed by atoms with Crippen molar-refractivity contribution in [2.45, 2.75) is 32.1 Å². The number of carbonyl (C=O) groups is 4. The molecule has 0 radical (unpaired) electrons. The zero-order chi connectivity index (χ0) is 16.3. The first kappa shape index (κ1) is 16.5. The molecule has 7 nitrogen and oxygen atoms in total. The van der Waals surface area contributed by atoms with Gasteiger partial charge in [-0.05, 0) is 12.8 Å². The van der Waals surface area contributed by atoms with Gasteiger partial charge in [-0.25, -0.2) is 0 Å². The van der Waals surface area contributed by atoms with Crippen LogP contribution >= 0.6 is 0 Å². The van der Waals surface area contributed by atoms with Crippen molar-refractivity contribution in [1.82, 2.24) is 15.1 Å². The van der Waals surface area contributed by atoms with Crippen molar-refractivity contribution in [2.24, 2.45) is 11.8 Å². The maximum absolute atomic E-state index is 12.2. The summed E-state index contributed by atoms with van der Waals surface area (Å²) in [4.78, 5) is 50.2. The zero-order valence-corrected chi connectivity index (χ0v) is 13.1. The Morgan fingerprint density at radius 3 is 2.18 bits per heavy atom. The van der Waals surface area contributed by atoms with E-state index in [4.69, 9.17) is 0 Å². The van der Waals surface area contributed by atoms with E-state index >= 15 is 0 Å². The van der Waals surface area contributed by atoms with Crippen LogP contribution in [0.1, 0.15) is 32.1 Å². The maximum atomic E-state index is 12.2. The Morgan fingerprint density at radius 1 is 1.14 bits per heavy atom. The quantitative estimate of drug-likeness (QED) is 0.710. The number of hydrogen-bond donors (Lipinski definition) is 1. The van der Waals surface area contributed by atoms with E-state index in [1.165, 1.54) is 9.80 Å². The topological polar surface area (TPSA) is 86.8 Å². The summed E-state index contributed by atoms with van der Waals surface area (Å²) in [5.41, 5.74) is 0. The third-order valence-corrected chi connectivity index (χ3v) is 4.43. The molecule has 2 fully saturated rings. The fraction of sp³-hybridized carbons (Fsp3) is 0.733. The number of fused-ring (bicyclic) bond motifs is 1. The van der Waals surface area contributed by atoms with Gasteiger partial charge in [0.25, 0.3) is 0 Å². The van der Waals surface area contributed by atoms with E-state index in [-0.39, 0.29) is 55.0 Å². The van der Waals surface area contributed by atoms with E-state index in [0.29, 0.717) is 0 Å². The molecule has 0 aromatic heterocycles. The number of carbonyl (C=O) groups excluding carboxylic acids is 4. The minimum atomic E-state index is -0.328. The van der Waals surface area contributed by atoms with Crippen LogP contribution in [0.25, 0.3) is 0 Å². The lowest BCUT2D eigenvalue weighted by Gasteiger charge is -2.19. The second-order valence-corrected chi connectivity index (χ2v) is 6.14. The van der Waals surface area contributed by atoms with Gasteiger partial charge in [0.15, 0.2) is 0 Å². The van der Waals surface area contributed by atoms with Crippen molar-refractivity contribution >= 4 is 23.6 Å². The molecule has 0 unspecified atom stereocenters. The van der Waals surface area contributed by atoms with Crippen molar-refractivity contribution in [2.75, 3.05) is 27.2 Å². The first-order chi connectivity index (χ1) is 10.4. The van der Waals surface area contributed by atoms with Gasteiger partial charge in [0.1, 0.15) is 0 Å². The summed E-state index contributed by atoms with van der Waals surface area (Å²) in [5, 5.41) is 2.50. The summed E-state index contributed by atoms with van der Waals surface area (Å²) in [6.07, 6.45) is 3.56. The molecule has 122 valence electrons. The Labute approximate surface area is 130 Å². The molecule has 1 heterocycles. The molecular weight excluding hydrogens is 286 g/mol. The van der Waals surface area contributed by atoms with Gasteiger partial charge in [-0.1, -0.05) is 12.8 Å². The second kappa shape index (κ2) is 6.89. The van der Waals surface area contributed by atoms with Crippen LogP contribution in [-0.4, -0.2) is 60.6 Å². The predicted molar refractivity (Wildman–Crippen MR) is 78.5 cm³/mol. The number of amides is 4. The van der Waals surface area contributed by atoms with Crippen LogP contribution in [-0.2, 0) is 19.2 Å². The molecule has 0 aromatic rings. The molecule has 0 spiro atoms. The number of rotatable bonds is 5. The average Bonchev–Trinajstić information content (AvgIpc) is 2.75. The molecule has 0 bridgehead atoms. The van der Waals surface area contributed by atoms with Crippen LogP contribution in [0.2, 0.25) is 0 Å². The molecule has 2 atom stereocenters. The van der Waals surface area contributed by atoms with Crippen molar-refractivity contribution in [1.29, 1.82) is 0 Å². The highest BCUT2D eigenvalue weighted by molar-refractivity contribution is 6.05. The van der Waals surface area contributed by atoms with Crippen molar-refractivity contribution in [3.63, 3.8) is 0 Å². The summed E-state index contributed by atoms with van der Waals surface area (Å²) < 4.78 is 0. The molecule has 1 N–H and O–H groups in total. The summed E-state index contributed by atoms with van der Waals surface area (Å²) in [6, 6.07) is 0. The molecule has 1 saturated carbocycles. The average molecular weight is 309 g/mol. The van der Waals surface area contributed by atoms with Gasteiger partial charge in [-0.15, -0.1) is 0 Å². The van der Waals surface area contributed by atoms with Crippen LogP contribution in [0.4, 0.5) is 0 Å². The summed E-state index contributed by atoms with van der Waals surface area (Å²) in [5.74, 6) is -1.16. The van der Waals surface area contributed by atoms with Crippen molar-refractivity contribution < 1.29 is 19.2 Å². The third-order valence-electron chi connectivity index (χ3n) is 4.43. The highest BCUT2D eigenvalue weighted by Gasteiger charge is 2.47. The number of nitrogens with one attached hydrogen (secondary N) is 1. The Bertz CT molecular complexity index is 465. The van der Waals surface area contributed by atoms with Crippen LogP contribution in [0, 0.1) is 11.8 Å². The molecule has 1 aliphatic heterocycles. The van der Waals surface area contributed by atoms with E-state index in [0.717, 1.165) is 25.7 Å². The Balaban J connectivity index is 1.81. The standard InChI is InChI=1S/C15H23N3O4/c1-17(2)13(20)9-16-12(19)7-8-18-14(21)10-5-3-4-6-11(10)15(18)22/h10-11H,3-9H2,1-2H3,(H,16,19)/t10-,11-/m1/s1. The number of likely N-dealkylation sites (N-methyl/N-ethyl adjacent to an activating group) is 1. The SMILES string of the molecule is CN(C)C(=O)CNC(=O)CCN1C(=O)[C@@H]2CCCC[C@H]2C1=O. The normalized spacial score (nSPS) is 24.2. The lowest BCUT2D eigenvalue weighted by atomic mass is 9.81. The smallest absolute Gasteiger partial charge is 0.241 e. The Kier molecular flexibility index (Phi) is 5.15. The largest absolute Gasteiger partial charge is 0.347 e. The minimum absolute atomic E-state index is 0.0393. The minimum Gasteiger partial charge on any atom is -0.347 e. The van der Waals surface area contributed by atoms with Crippen LogP contribution in [0.15, 0.2) is 0 Å². The fourth-order valence-corrected chi connectivity index (χ4v) is 3.09. The van der Waals surface area contributed by atoms with Gasteiger partial charge in [-0.3, -0.25) is 24.1 Å². The van der Waals surface area contributed by atoms with E-state index in [2.05, 4.69) is 5.32 Å². The highest BCUT2D eigenvalue weighted by Crippen LogP contribution is 2.37. The first-order valence-corrected chi connectivity index (χ1v) is 7.74. The lowest BCUT2D eigenvalue weighted by Crippen LogP contribution is -2.39. The Hall–Kier alpha value is -1.92. The van der Waals surface area contributed by atoms with E-state index in [1.807, 2.05) is 0 Å². The van der Waals surface area contributed by atoms with E-state index in [9.17, 15) is 19.2 Å². The molecule has 2 aliphatic rings. The van der Waals surface area contributed by atoms with Crippen LogP contribution < -0.4 is 5.32 Å². The fourth-order valence-electron chi connectivity index (χ4n) is 3.09. The molecule has 0 aromatic carbocycles. The number of nitrogens with zero attached hydrogens (tertiary/aromatic N) is 2. The molecule has 2 rings (SSSR count). The summed E-state index contributed by atoms with van der Waals surface area (Å²) in [7, 11) is 3.22. The van der Waals surface area contributed by atoms with E-state index in [1.54, 1.807) is 14.1 Å². The Morgan fingerprint density at radius 2 is 1.68 bits per heavy atom. The lowest BCUT2D eigenvalue weighted by molar-refractivity contribution is -0.140. The zero-order valence-electron chi connectivity index (χ0n) is 13.1. The number of likely N-dealkylation sites (tertiary alicyclic amines) is 1. The van der Waals surface area contributed by atoms with Crippen LogP contribution in [0.3, 0.4) is 0 Å². The predicted octanol–water partition coefficient (Wildman–Crippen LogP) is -0.244. The monoisotopic (exact) mass is 309 g/mol. The van der Waals surface area contributed by atoms with Gasteiger partial charge in [0.05, 0.1) is 18.4 Å². The summed E-state index contributed by atoms with van der Waals surface area (Å²) in [6.45, 7) is 0.0334. The molecule has 7 heteroatoms. The van der Waals surface area contributed by atoms with Gasteiger partial charge in [-0.2, -0.15) is 0 Å². The van der Waals surface area contributed by atoms with Crippen LogP contribution in [0.5, 0.6) is 0 Å². The maximum Gasteiger partial charge on any atom is 0.241 e. The highest BCUT2D eigenvalue weighted by atomic mass is 16.2. The van der Waals surface area contributed by atoms with Gasteiger partial charge < -0.3 is 10.2 Å².